The Morgan fingerprint density at radius 1 is 1.55 bits per heavy atom. The molecule has 0 fully saturated rings. The molecular weight excluding hydrogens is 268 g/mol. The van der Waals surface area contributed by atoms with Crippen LogP contribution in [0.4, 0.5) is 0 Å². The lowest BCUT2D eigenvalue weighted by atomic mass is 10.1. The number of carbonyl (C=O) groups is 2. The number of carbonyl (C=O) groups excluding carboxylic acids is 1. The first-order chi connectivity index (χ1) is 9.52. The molecule has 1 unspecified atom stereocenters. The van der Waals surface area contributed by atoms with Gasteiger partial charge in [0.15, 0.2) is 6.61 Å². The number of nitrogens with one attached hydrogen (secondary N) is 1. The van der Waals surface area contributed by atoms with Crippen molar-refractivity contribution in [1.82, 2.24) is 10.5 Å². The predicted molar refractivity (Wildman–Crippen MR) is 67.4 cm³/mol. The summed E-state index contributed by atoms with van der Waals surface area (Å²) >= 11 is 0. The van der Waals surface area contributed by atoms with Gasteiger partial charge in [-0.25, -0.2) is 4.79 Å². The van der Waals surface area contributed by atoms with E-state index < -0.39 is 17.9 Å². The van der Waals surface area contributed by atoms with E-state index in [1.807, 2.05) is 0 Å². The number of amides is 1. The van der Waals surface area contributed by atoms with Crippen molar-refractivity contribution in [3.05, 3.63) is 11.8 Å². The first-order valence-corrected chi connectivity index (χ1v) is 6.10. The summed E-state index contributed by atoms with van der Waals surface area (Å²) in [6, 6.07) is 0.570. The van der Waals surface area contributed by atoms with Crippen molar-refractivity contribution in [2.75, 3.05) is 20.3 Å². The molecule has 0 aliphatic carbocycles. The average Bonchev–Trinajstić information content (AvgIpc) is 2.81. The van der Waals surface area contributed by atoms with Crippen molar-refractivity contribution in [3.8, 4) is 5.88 Å². The highest BCUT2D eigenvalue weighted by atomic mass is 16.5. The summed E-state index contributed by atoms with van der Waals surface area (Å²) in [5.74, 6) is -0.880. The molecule has 0 spiro atoms. The molecule has 1 heterocycles. The first kappa shape index (κ1) is 16.0. The largest absolute Gasteiger partial charge is 0.480 e. The Kier molecular flexibility index (Phi) is 6.51. The highest BCUT2D eigenvalue weighted by Crippen LogP contribution is 2.09. The van der Waals surface area contributed by atoms with Crippen LogP contribution >= 0.6 is 0 Å². The maximum Gasteiger partial charge on any atom is 0.326 e. The number of ether oxygens (including phenoxy) is 2. The van der Waals surface area contributed by atoms with Crippen LogP contribution < -0.4 is 10.1 Å². The van der Waals surface area contributed by atoms with Gasteiger partial charge in [0.1, 0.15) is 11.8 Å². The number of aromatic nitrogens is 1. The van der Waals surface area contributed by atoms with Gasteiger partial charge in [0.2, 0.25) is 0 Å². The van der Waals surface area contributed by atoms with Crippen LogP contribution in [0.2, 0.25) is 0 Å². The standard InChI is InChI=1S/C12H18N2O6/c1-8-6-11(14-20-8)19-7-10(15)13-9(12(16)17)4-3-5-18-2/h6,9H,3-5,7H2,1-2H3,(H,13,15)(H,16,17). The summed E-state index contributed by atoms with van der Waals surface area (Å²) in [7, 11) is 1.53. The maximum absolute atomic E-state index is 11.6. The molecule has 112 valence electrons. The molecule has 1 aromatic rings. The molecule has 0 saturated carbocycles. The number of carboxylic acid groups (broad SMARTS) is 1. The minimum atomic E-state index is -1.09. The van der Waals surface area contributed by atoms with Gasteiger partial charge in [0, 0.05) is 19.8 Å². The van der Waals surface area contributed by atoms with Crippen molar-refractivity contribution >= 4 is 11.9 Å². The summed E-state index contributed by atoms with van der Waals surface area (Å²) in [5, 5.41) is 14.9. The molecule has 1 atom stereocenters. The van der Waals surface area contributed by atoms with Crippen LogP contribution in [0.5, 0.6) is 5.88 Å². The lowest BCUT2D eigenvalue weighted by Gasteiger charge is -2.14. The van der Waals surface area contributed by atoms with E-state index in [9.17, 15) is 9.59 Å². The molecule has 1 amide bonds. The van der Waals surface area contributed by atoms with Crippen molar-refractivity contribution in [2.45, 2.75) is 25.8 Å². The van der Waals surface area contributed by atoms with Crippen LogP contribution in [0.3, 0.4) is 0 Å². The fourth-order valence-electron chi connectivity index (χ4n) is 1.48. The second-order valence-electron chi connectivity index (χ2n) is 4.16. The third-order valence-corrected chi connectivity index (χ3v) is 2.43. The SMILES string of the molecule is COCCCC(NC(=O)COc1cc(C)on1)C(=O)O. The Labute approximate surface area is 116 Å². The van der Waals surface area contributed by atoms with Gasteiger partial charge in [-0.2, -0.15) is 0 Å². The number of hydrogen-bond donors (Lipinski definition) is 2. The monoisotopic (exact) mass is 286 g/mol. The van der Waals surface area contributed by atoms with E-state index >= 15 is 0 Å². The summed E-state index contributed by atoms with van der Waals surface area (Å²) in [4.78, 5) is 22.6. The lowest BCUT2D eigenvalue weighted by molar-refractivity contribution is -0.142. The average molecular weight is 286 g/mol. The second kappa shape index (κ2) is 8.16. The molecule has 2 N–H and O–H groups in total. The van der Waals surface area contributed by atoms with Gasteiger partial charge >= 0.3 is 5.97 Å². The number of rotatable bonds is 9. The summed E-state index contributed by atoms with van der Waals surface area (Å²) < 4.78 is 14.7. The van der Waals surface area contributed by atoms with E-state index in [0.717, 1.165) is 0 Å². The van der Waals surface area contributed by atoms with Crippen molar-refractivity contribution in [1.29, 1.82) is 0 Å². The third-order valence-electron chi connectivity index (χ3n) is 2.43. The summed E-state index contributed by atoms with van der Waals surface area (Å²) in [6.45, 7) is 1.81. The fourth-order valence-corrected chi connectivity index (χ4v) is 1.48. The zero-order valence-corrected chi connectivity index (χ0v) is 11.4. The molecule has 8 nitrogen and oxygen atoms in total. The van der Waals surface area contributed by atoms with Gasteiger partial charge < -0.3 is 24.4 Å². The Hall–Kier alpha value is -2.09. The Morgan fingerprint density at radius 3 is 2.85 bits per heavy atom. The molecule has 0 bridgehead atoms. The predicted octanol–water partition coefficient (Wildman–Crippen LogP) is 0.358. The van der Waals surface area contributed by atoms with E-state index in [0.29, 0.717) is 18.8 Å². The van der Waals surface area contributed by atoms with Crippen LogP contribution in [0.15, 0.2) is 10.6 Å². The number of methoxy groups -OCH3 is 1. The molecule has 0 radical (unpaired) electrons. The van der Waals surface area contributed by atoms with E-state index in [2.05, 4.69) is 10.5 Å². The Morgan fingerprint density at radius 2 is 2.30 bits per heavy atom. The zero-order chi connectivity index (χ0) is 15.0. The Bertz CT molecular complexity index is 445. The summed E-state index contributed by atoms with van der Waals surface area (Å²) in [5.41, 5.74) is 0. The first-order valence-electron chi connectivity index (χ1n) is 6.10. The van der Waals surface area contributed by atoms with Crippen LogP contribution in [0.25, 0.3) is 0 Å². The number of aliphatic carboxylic acids is 1. The van der Waals surface area contributed by atoms with Gasteiger partial charge in [0.05, 0.1) is 0 Å². The second-order valence-corrected chi connectivity index (χ2v) is 4.16. The highest BCUT2D eigenvalue weighted by Gasteiger charge is 2.19. The molecule has 0 saturated heterocycles. The number of aryl methyl sites for hydroxylation is 1. The topological polar surface area (TPSA) is 111 Å². The van der Waals surface area contributed by atoms with Crippen LogP contribution in [0, 0.1) is 6.92 Å². The van der Waals surface area contributed by atoms with E-state index in [1.54, 1.807) is 6.92 Å². The normalized spacial score (nSPS) is 11.9. The van der Waals surface area contributed by atoms with Crippen LogP contribution in [0.1, 0.15) is 18.6 Å². The minimum absolute atomic E-state index is 0.184. The van der Waals surface area contributed by atoms with Crippen molar-refractivity contribution in [3.63, 3.8) is 0 Å². The number of hydrogen-bond acceptors (Lipinski definition) is 6. The molecule has 1 aromatic heterocycles. The highest BCUT2D eigenvalue weighted by molar-refractivity contribution is 5.84. The quantitative estimate of drug-likeness (QED) is 0.630. The molecule has 8 heteroatoms. The van der Waals surface area contributed by atoms with Gasteiger partial charge in [-0.05, 0) is 24.9 Å². The molecular formula is C12H18N2O6. The van der Waals surface area contributed by atoms with E-state index in [1.165, 1.54) is 13.2 Å². The molecule has 0 aliphatic heterocycles. The smallest absolute Gasteiger partial charge is 0.326 e. The molecule has 20 heavy (non-hydrogen) atoms. The van der Waals surface area contributed by atoms with Crippen molar-refractivity contribution in [2.24, 2.45) is 0 Å². The van der Waals surface area contributed by atoms with E-state index in [4.69, 9.17) is 19.1 Å². The summed E-state index contributed by atoms with van der Waals surface area (Å²) in [6.07, 6.45) is 0.828. The molecule has 1 rings (SSSR count). The molecule has 0 aliphatic rings. The fraction of sp³-hybridized carbons (Fsp3) is 0.583. The third kappa shape index (κ3) is 5.70. The van der Waals surface area contributed by atoms with Gasteiger partial charge in [-0.3, -0.25) is 4.79 Å². The number of carboxylic acids is 1. The van der Waals surface area contributed by atoms with Crippen LogP contribution in [-0.4, -0.2) is 48.5 Å². The molecule has 0 aromatic carbocycles. The maximum atomic E-state index is 11.6. The lowest BCUT2D eigenvalue weighted by Crippen LogP contribution is -2.43. The van der Waals surface area contributed by atoms with Gasteiger partial charge in [-0.15, -0.1) is 0 Å². The van der Waals surface area contributed by atoms with Crippen LogP contribution in [-0.2, 0) is 14.3 Å². The number of nitrogens with zero attached hydrogens (tertiary/aromatic N) is 1. The minimum Gasteiger partial charge on any atom is -0.480 e. The zero-order valence-electron chi connectivity index (χ0n) is 11.4. The van der Waals surface area contributed by atoms with Gasteiger partial charge in [-0.1, -0.05) is 0 Å². The van der Waals surface area contributed by atoms with Gasteiger partial charge in [0.25, 0.3) is 11.8 Å². The van der Waals surface area contributed by atoms with Crippen molar-refractivity contribution < 1.29 is 28.7 Å². The van der Waals surface area contributed by atoms with E-state index in [-0.39, 0.29) is 18.9 Å². The Balaban J connectivity index is 2.35.